The van der Waals surface area contributed by atoms with Gasteiger partial charge >= 0.3 is 0 Å². The van der Waals surface area contributed by atoms with E-state index in [1.54, 1.807) is 70.3 Å². The Morgan fingerprint density at radius 3 is 2.31 bits per heavy atom. The van der Waals surface area contributed by atoms with E-state index in [-0.39, 0.29) is 30.4 Å². The van der Waals surface area contributed by atoms with Crippen LogP contribution in [0.2, 0.25) is 0 Å². The maximum absolute atomic E-state index is 13.4. The van der Waals surface area contributed by atoms with Crippen molar-refractivity contribution >= 4 is 29.5 Å². The van der Waals surface area contributed by atoms with Crippen LogP contribution < -0.4 is 40.8 Å². The van der Waals surface area contributed by atoms with E-state index in [1.807, 2.05) is 0 Å². The van der Waals surface area contributed by atoms with Crippen molar-refractivity contribution in [3.05, 3.63) is 54.1 Å². The quantitative estimate of drug-likeness (QED) is 0.273. The number of hydrogen-bond acceptors (Lipinski definition) is 8. The van der Waals surface area contributed by atoms with Crippen molar-refractivity contribution < 1.29 is 38.2 Å². The highest BCUT2D eigenvalue weighted by Crippen LogP contribution is 2.19. The number of nitrogens with one attached hydrogen (secondary N) is 5. The number of carbonyl (C=O) groups excluding carboxylic acids is 5. The number of hydrogen-bond donors (Lipinski definition) is 5. The molecule has 45 heavy (non-hydrogen) atoms. The molecule has 4 atom stereocenters. The van der Waals surface area contributed by atoms with Gasteiger partial charge in [-0.05, 0) is 62.6 Å². The van der Waals surface area contributed by atoms with Gasteiger partial charge in [-0.15, -0.1) is 0 Å². The summed E-state index contributed by atoms with van der Waals surface area (Å²) in [5, 5.41) is 13.5. The number of benzene rings is 2. The lowest BCUT2D eigenvalue weighted by molar-refractivity contribution is -0.133. The SMILES string of the molecule is COc1ccc(OCCCNC(=O)[C@@H]2CC(=O)N[C@@H](C)C(=O)N[C@H](C(C)C)C(=O)N[C@@H](C)COc3ccccc3C(=O)N2)cc1. The van der Waals surface area contributed by atoms with Crippen LogP contribution in [0.15, 0.2) is 48.5 Å². The van der Waals surface area contributed by atoms with E-state index >= 15 is 0 Å². The standard InChI is InChI=1S/C32H43N5O8/c1-19(2)28-32(42)34-20(3)18-45-26-10-7-6-9-24(26)30(40)36-25(17-27(38)35-21(4)29(39)37-28)31(41)33-15-8-16-44-23-13-11-22(43-5)12-14-23/h6-7,9-14,19-21,25,28H,8,15-18H2,1-5H3,(H,33,41)(H,34,42)(H,35,38)(H,36,40)(H,37,39)/t20-,21-,25-,28+/m0/s1. The molecule has 0 radical (unpaired) electrons. The molecule has 0 bridgehead atoms. The molecule has 3 rings (SSSR count). The summed E-state index contributed by atoms with van der Waals surface area (Å²) in [7, 11) is 1.58. The average molecular weight is 626 g/mol. The number of fused-ring (bicyclic) bond motifs is 1. The summed E-state index contributed by atoms with van der Waals surface area (Å²) >= 11 is 0. The van der Waals surface area contributed by atoms with Crippen LogP contribution in [0.25, 0.3) is 0 Å². The van der Waals surface area contributed by atoms with Gasteiger partial charge in [0.2, 0.25) is 23.6 Å². The van der Waals surface area contributed by atoms with Crippen LogP contribution in [-0.2, 0) is 19.2 Å². The van der Waals surface area contributed by atoms with Crippen LogP contribution in [0.1, 0.15) is 50.9 Å². The molecule has 0 unspecified atom stereocenters. The van der Waals surface area contributed by atoms with E-state index in [0.29, 0.717) is 24.5 Å². The fourth-order valence-corrected chi connectivity index (χ4v) is 4.45. The highest BCUT2D eigenvalue weighted by molar-refractivity contribution is 6.01. The zero-order chi connectivity index (χ0) is 32.9. The third-order valence-electron chi connectivity index (χ3n) is 6.99. The summed E-state index contributed by atoms with van der Waals surface area (Å²) in [5.41, 5.74) is 0.150. The topological polar surface area (TPSA) is 173 Å². The van der Waals surface area contributed by atoms with Crippen molar-refractivity contribution in [1.82, 2.24) is 26.6 Å². The Bertz CT molecular complexity index is 1330. The van der Waals surface area contributed by atoms with Gasteiger partial charge in [-0.2, -0.15) is 0 Å². The summed E-state index contributed by atoms with van der Waals surface area (Å²) in [4.78, 5) is 65.5. The predicted octanol–water partition coefficient (Wildman–Crippen LogP) is 1.31. The van der Waals surface area contributed by atoms with Crippen LogP contribution in [0, 0.1) is 5.92 Å². The molecule has 0 saturated carbocycles. The van der Waals surface area contributed by atoms with Crippen LogP contribution >= 0.6 is 0 Å². The number of rotatable bonds is 8. The zero-order valence-electron chi connectivity index (χ0n) is 26.3. The van der Waals surface area contributed by atoms with Gasteiger partial charge in [0.05, 0.1) is 31.7 Å². The Balaban J connectivity index is 1.74. The Morgan fingerprint density at radius 1 is 0.933 bits per heavy atom. The molecular formula is C32H43N5O8. The molecule has 1 heterocycles. The summed E-state index contributed by atoms with van der Waals surface area (Å²) < 4.78 is 16.7. The van der Waals surface area contributed by atoms with E-state index in [4.69, 9.17) is 14.2 Å². The van der Waals surface area contributed by atoms with Crippen molar-refractivity contribution in [1.29, 1.82) is 0 Å². The van der Waals surface area contributed by atoms with E-state index < -0.39 is 60.1 Å². The molecule has 0 aliphatic carbocycles. The number of methoxy groups -OCH3 is 1. The number of para-hydroxylation sites is 1. The van der Waals surface area contributed by atoms with Crippen molar-refractivity contribution in [3.63, 3.8) is 0 Å². The first-order valence-electron chi connectivity index (χ1n) is 15.0. The summed E-state index contributed by atoms with van der Waals surface area (Å²) in [5.74, 6) is -1.49. The minimum absolute atomic E-state index is 0.0355. The van der Waals surface area contributed by atoms with E-state index in [2.05, 4.69) is 26.6 Å². The van der Waals surface area contributed by atoms with Crippen LogP contribution in [0.5, 0.6) is 17.2 Å². The maximum atomic E-state index is 13.4. The van der Waals surface area contributed by atoms with Gasteiger partial charge in [0.1, 0.15) is 42.0 Å². The van der Waals surface area contributed by atoms with Gasteiger partial charge in [-0.3, -0.25) is 24.0 Å². The minimum Gasteiger partial charge on any atom is -0.497 e. The van der Waals surface area contributed by atoms with Crippen molar-refractivity contribution in [3.8, 4) is 17.2 Å². The first kappa shape index (κ1) is 34.7. The molecule has 244 valence electrons. The first-order chi connectivity index (χ1) is 21.5. The van der Waals surface area contributed by atoms with E-state index in [0.717, 1.165) is 0 Å². The minimum atomic E-state index is -1.26. The largest absolute Gasteiger partial charge is 0.497 e. The van der Waals surface area contributed by atoms with Gasteiger partial charge in [0, 0.05) is 6.54 Å². The number of amides is 5. The average Bonchev–Trinajstić information content (AvgIpc) is 3.01. The number of ether oxygens (including phenoxy) is 3. The lowest BCUT2D eigenvalue weighted by Crippen LogP contribution is -2.56. The monoisotopic (exact) mass is 625 g/mol. The molecule has 0 saturated heterocycles. The molecule has 2 aromatic carbocycles. The Kier molecular flexibility index (Phi) is 13.0. The lowest BCUT2D eigenvalue weighted by atomic mass is 10.0. The highest BCUT2D eigenvalue weighted by Gasteiger charge is 2.30. The fourth-order valence-electron chi connectivity index (χ4n) is 4.45. The normalized spacial score (nSPS) is 21.6. The van der Waals surface area contributed by atoms with Gasteiger partial charge < -0.3 is 40.8 Å². The second kappa shape index (κ2) is 16.9. The molecule has 0 spiro atoms. The molecule has 1 aliphatic heterocycles. The first-order valence-corrected chi connectivity index (χ1v) is 15.0. The number of carbonyl (C=O) groups is 5. The molecule has 5 amide bonds. The molecule has 13 heteroatoms. The van der Waals surface area contributed by atoms with Crippen LogP contribution in [0.4, 0.5) is 0 Å². The van der Waals surface area contributed by atoms with E-state index in [9.17, 15) is 24.0 Å². The van der Waals surface area contributed by atoms with Crippen LogP contribution in [0.3, 0.4) is 0 Å². The maximum Gasteiger partial charge on any atom is 0.255 e. The van der Waals surface area contributed by atoms with Crippen molar-refractivity contribution in [2.75, 3.05) is 26.9 Å². The summed E-state index contributed by atoms with van der Waals surface area (Å²) in [6.07, 6.45) is 0.0200. The molecule has 5 N–H and O–H groups in total. The predicted molar refractivity (Wildman–Crippen MR) is 166 cm³/mol. The Hall–Kier alpha value is -4.81. The van der Waals surface area contributed by atoms with Crippen LogP contribution in [-0.4, -0.2) is 80.6 Å². The van der Waals surface area contributed by atoms with Gasteiger partial charge in [-0.25, -0.2) is 0 Å². The molecule has 2 aromatic rings. The Labute approximate surface area is 263 Å². The van der Waals surface area contributed by atoms with Crippen molar-refractivity contribution in [2.24, 2.45) is 5.92 Å². The van der Waals surface area contributed by atoms with Gasteiger partial charge in [0.15, 0.2) is 0 Å². The summed E-state index contributed by atoms with van der Waals surface area (Å²) in [6, 6.07) is 9.95. The molecule has 1 aliphatic rings. The fraction of sp³-hybridized carbons (Fsp3) is 0.469. The summed E-state index contributed by atoms with van der Waals surface area (Å²) in [6.45, 7) is 7.36. The molecule has 13 nitrogen and oxygen atoms in total. The molecule has 0 fully saturated rings. The van der Waals surface area contributed by atoms with E-state index in [1.165, 1.54) is 13.0 Å². The lowest BCUT2D eigenvalue weighted by Gasteiger charge is -2.25. The molecule has 0 aromatic heterocycles. The zero-order valence-corrected chi connectivity index (χ0v) is 26.3. The Morgan fingerprint density at radius 2 is 1.62 bits per heavy atom. The smallest absolute Gasteiger partial charge is 0.255 e. The third kappa shape index (κ3) is 10.7. The second-order valence-corrected chi connectivity index (χ2v) is 11.1. The van der Waals surface area contributed by atoms with Gasteiger partial charge in [0.25, 0.3) is 5.91 Å². The highest BCUT2D eigenvalue weighted by atomic mass is 16.5. The second-order valence-electron chi connectivity index (χ2n) is 11.1. The molecular weight excluding hydrogens is 582 g/mol. The van der Waals surface area contributed by atoms with Crippen molar-refractivity contribution in [2.45, 2.75) is 64.7 Å². The van der Waals surface area contributed by atoms with Gasteiger partial charge in [-0.1, -0.05) is 26.0 Å². The third-order valence-corrected chi connectivity index (χ3v) is 6.99.